The number of hydrogen-bond acceptors (Lipinski definition) is 5. The normalized spacial score (nSPS) is 17.4. The fourth-order valence-corrected chi connectivity index (χ4v) is 3.77. The first-order valence-electron chi connectivity index (χ1n) is 5.99. The van der Waals surface area contributed by atoms with E-state index < -0.39 is 32.1 Å². The zero-order chi connectivity index (χ0) is 15.8. The average Bonchev–Trinajstić information content (AvgIpc) is 3.19. The molecule has 0 amide bonds. The van der Waals surface area contributed by atoms with Gasteiger partial charge in [-0.2, -0.15) is 4.72 Å². The first-order valence-corrected chi connectivity index (χ1v) is 9.02. The molecule has 0 saturated heterocycles. The molecule has 0 heterocycles. The Kier molecular flexibility index (Phi) is 4.06. The molecule has 0 aromatic heterocycles. The minimum Gasteiger partial charge on any atom is -0.480 e. The molecule has 1 aliphatic rings. The number of aliphatic carboxylic acids is 1. The van der Waals surface area contributed by atoms with Crippen LogP contribution in [-0.4, -0.2) is 34.0 Å². The van der Waals surface area contributed by atoms with E-state index in [0.717, 1.165) is 12.1 Å². The summed E-state index contributed by atoms with van der Waals surface area (Å²) in [4.78, 5) is 10.4. The first kappa shape index (κ1) is 15.9. The highest BCUT2D eigenvalue weighted by atomic mass is 32.2. The fourth-order valence-electron chi connectivity index (χ4n) is 1.83. The Bertz CT molecular complexity index is 768. The van der Waals surface area contributed by atoms with E-state index in [9.17, 15) is 21.6 Å². The van der Waals surface area contributed by atoms with Gasteiger partial charge in [0.2, 0.25) is 20.0 Å². The van der Waals surface area contributed by atoms with E-state index in [1.807, 2.05) is 0 Å². The predicted octanol–water partition coefficient (Wildman–Crippen LogP) is -0.524. The van der Waals surface area contributed by atoms with Crippen LogP contribution in [0.1, 0.15) is 12.8 Å². The largest absolute Gasteiger partial charge is 0.480 e. The molecule has 8 nitrogen and oxygen atoms in total. The molecule has 0 spiro atoms. The van der Waals surface area contributed by atoms with Crippen molar-refractivity contribution >= 4 is 26.0 Å². The van der Waals surface area contributed by atoms with Gasteiger partial charge in [0.15, 0.2) is 0 Å². The number of nitrogens with one attached hydrogen (secondary N) is 1. The van der Waals surface area contributed by atoms with E-state index >= 15 is 0 Å². The number of benzene rings is 1. The van der Waals surface area contributed by atoms with E-state index in [2.05, 4.69) is 4.72 Å². The molecule has 0 bridgehead atoms. The van der Waals surface area contributed by atoms with Crippen molar-refractivity contribution in [3.05, 3.63) is 24.3 Å². The monoisotopic (exact) mass is 334 g/mol. The number of rotatable bonds is 6. The van der Waals surface area contributed by atoms with Gasteiger partial charge in [-0.25, -0.2) is 22.0 Å². The Hall–Kier alpha value is -1.49. The zero-order valence-electron chi connectivity index (χ0n) is 10.8. The highest BCUT2D eigenvalue weighted by Gasteiger charge is 2.39. The van der Waals surface area contributed by atoms with Crippen LogP contribution in [0, 0.1) is 5.92 Å². The Morgan fingerprint density at radius 2 is 1.81 bits per heavy atom. The molecule has 2 rings (SSSR count). The third-order valence-corrected chi connectivity index (χ3v) is 5.44. The van der Waals surface area contributed by atoms with E-state index in [1.165, 1.54) is 12.1 Å². The molecular formula is C11H14N2O6S2. The van der Waals surface area contributed by atoms with Crippen molar-refractivity contribution in [2.75, 3.05) is 0 Å². The summed E-state index contributed by atoms with van der Waals surface area (Å²) in [5.41, 5.74) is 0. The van der Waals surface area contributed by atoms with E-state index in [4.69, 9.17) is 10.2 Å². The van der Waals surface area contributed by atoms with E-state index in [0.29, 0.717) is 12.8 Å². The molecule has 0 aliphatic heterocycles. The van der Waals surface area contributed by atoms with Crippen LogP contribution < -0.4 is 9.86 Å². The van der Waals surface area contributed by atoms with Gasteiger partial charge in [0.25, 0.3) is 0 Å². The van der Waals surface area contributed by atoms with Gasteiger partial charge >= 0.3 is 5.97 Å². The molecule has 4 N–H and O–H groups in total. The summed E-state index contributed by atoms with van der Waals surface area (Å²) in [5.74, 6) is -1.50. The summed E-state index contributed by atoms with van der Waals surface area (Å²) in [6.45, 7) is 0. The van der Waals surface area contributed by atoms with Crippen molar-refractivity contribution in [2.45, 2.75) is 28.7 Å². The quantitative estimate of drug-likeness (QED) is 0.638. The summed E-state index contributed by atoms with van der Waals surface area (Å²) in [7, 11) is -8.19. The highest BCUT2D eigenvalue weighted by molar-refractivity contribution is 7.90. The van der Waals surface area contributed by atoms with Gasteiger partial charge < -0.3 is 5.11 Å². The summed E-state index contributed by atoms with van der Waals surface area (Å²) in [5, 5.41) is 14.0. The summed E-state index contributed by atoms with van der Waals surface area (Å²) < 4.78 is 48.8. The number of sulfonamides is 2. The summed E-state index contributed by atoms with van der Waals surface area (Å²) in [6, 6.07) is 3.23. The SMILES string of the molecule is NS(=O)(=O)c1cccc(S(=O)(=O)NC(C(=O)O)C2CC2)c1. The van der Waals surface area contributed by atoms with Crippen LogP contribution in [0.3, 0.4) is 0 Å². The molecule has 1 fully saturated rings. The summed E-state index contributed by atoms with van der Waals surface area (Å²) in [6.07, 6.45) is 1.27. The van der Waals surface area contributed by atoms with Gasteiger partial charge in [0, 0.05) is 0 Å². The molecule has 1 atom stereocenters. The molecule has 116 valence electrons. The Morgan fingerprint density at radius 3 is 2.29 bits per heavy atom. The van der Waals surface area contributed by atoms with Crippen molar-refractivity contribution in [1.29, 1.82) is 0 Å². The number of hydrogen-bond donors (Lipinski definition) is 3. The second-order valence-corrected chi connectivity index (χ2v) is 8.07. The lowest BCUT2D eigenvalue weighted by atomic mass is 10.2. The number of nitrogens with two attached hydrogens (primary N) is 1. The van der Waals surface area contributed by atoms with Crippen LogP contribution in [0.15, 0.2) is 34.1 Å². The van der Waals surface area contributed by atoms with Crippen LogP contribution in [0.25, 0.3) is 0 Å². The fraction of sp³-hybridized carbons (Fsp3) is 0.364. The third-order valence-electron chi connectivity index (χ3n) is 3.09. The van der Waals surface area contributed by atoms with Crippen molar-refractivity contribution in [2.24, 2.45) is 11.1 Å². The van der Waals surface area contributed by atoms with Crippen LogP contribution in [0.5, 0.6) is 0 Å². The molecule has 0 radical (unpaired) electrons. The molecule has 1 unspecified atom stereocenters. The topological polar surface area (TPSA) is 144 Å². The second kappa shape index (κ2) is 5.37. The van der Waals surface area contributed by atoms with Gasteiger partial charge in [-0.1, -0.05) is 6.07 Å². The van der Waals surface area contributed by atoms with Gasteiger partial charge in [0.1, 0.15) is 6.04 Å². The smallest absolute Gasteiger partial charge is 0.322 e. The van der Waals surface area contributed by atoms with Crippen molar-refractivity contribution in [3.8, 4) is 0 Å². The van der Waals surface area contributed by atoms with Gasteiger partial charge in [-0.3, -0.25) is 4.79 Å². The minimum atomic E-state index is -4.14. The van der Waals surface area contributed by atoms with E-state index in [1.54, 1.807) is 0 Å². The number of carbonyl (C=O) groups is 1. The molecule has 1 aliphatic carbocycles. The molecule has 21 heavy (non-hydrogen) atoms. The maximum absolute atomic E-state index is 12.1. The first-order chi connectivity index (χ1) is 9.61. The molecule has 1 aromatic carbocycles. The lowest BCUT2D eigenvalue weighted by Crippen LogP contribution is -2.42. The van der Waals surface area contributed by atoms with E-state index in [-0.39, 0.29) is 15.7 Å². The number of carboxylic acid groups (broad SMARTS) is 1. The average molecular weight is 334 g/mol. The van der Waals surface area contributed by atoms with Crippen molar-refractivity contribution < 1.29 is 26.7 Å². The Morgan fingerprint density at radius 1 is 1.24 bits per heavy atom. The van der Waals surface area contributed by atoms with Gasteiger partial charge in [0.05, 0.1) is 9.79 Å². The van der Waals surface area contributed by atoms with Crippen molar-refractivity contribution in [3.63, 3.8) is 0 Å². The molecule has 1 aromatic rings. The molecule has 10 heteroatoms. The molecular weight excluding hydrogens is 320 g/mol. The van der Waals surface area contributed by atoms with Crippen molar-refractivity contribution in [1.82, 2.24) is 4.72 Å². The maximum atomic E-state index is 12.1. The Balaban J connectivity index is 2.33. The van der Waals surface area contributed by atoms with Crippen LogP contribution >= 0.6 is 0 Å². The standard InChI is InChI=1S/C11H14N2O6S2/c12-20(16,17)8-2-1-3-9(6-8)21(18,19)13-10(11(14)15)7-4-5-7/h1-3,6-7,10,13H,4-5H2,(H,14,15)(H2,12,16,17). The highest BCUT2D eigenvalue weighted by Crippen LogP contribution is 2.33. The number of primary sulfonamides is 1. The molecule has 1 saturated carbocycles. The minimum absolute atomic E-state index is 0.237. The van der Waals surface area contributed by atoms with Crippen LogP contribution in [0.4, 0.5) is 0 Å². The maximum Gasteiger partial charge on any atom is 0.322 e. The van der Waals surface area contributed by atoms with Gasteiger partial charge in [-0.05, 0) is 37.0 Å². The lowest BCUT2D eigenvalue weighted by Gasteiger charge is -2.14. The van der Waals surface area contributed by atoms with Gasteiger partial charge in [-0.15, -0.1) is 0 Å². The Labute approximate surface area is 122 Å². The number of carboxylic acids is 1. The lowest BCUT2D eigenvalue weighted by molar-refractivity contribution is -0.139. The zero-order valence-corrected chi connectivity index (χ0v) is 12.4. The predicted molar refractivity (Wildman–Crippen MR) is 72.3 cm³/mol. The van der Waals surface area contributed by atoms with Crippen LogP contribution in [0.2, 0.25) is 0 Å². The van der Waals surface area contributed by atoms with Crippen LogP contribution in [-0.2, 0) is 24.8 Å². The second-order valence-electron chi connectivity index (χ2n) is 4.79. The summed E-state index contributed by atoms with van der Waals surface area (Å²) >= 11 is 0. The third kappa shape index (κ3) is 3.79.